The first-order valence-electron chi connectivity index (χ1n) is 9.93. The molecular formula is C24H28FN3O2. The molecule has 1 heterocycles. The van der Waals surface area contributed by atoms with Crippen LogP contribution in [0.15, 0.2) is 59.8 Å². The maximum atomic E-state index is 14.4. The number of amides is 1. The number of nitrogens with one attached hydrogen (secondary N) is 1. The summed E-state index contributed by atoms with van der Waals surface area (Å²) in [6.07, 6.45) is 7.44. The van der Waals surface area contributed by atoms with E-state index in [9.17, 15) is 9.18 Å². The average molecular weight is 410 g/mol. The molecule has 0 unspecified atom stereocenters. The second kappa shape index (κ2) is 8.79. The summed E-state index contributed by atoms with van der Waals surface area (Å²) >= 11 is 0. The van der Waals surface area contributed by atoms with Crippen molar-refractivity contribution in [2.75, 3.05) is 7.11 Å². The monoisotopic (exact) mass is 409 g/mol. The number of rotatable bonds is 6. The maximum absolute atomic E-state index is 14.4. The summed E-state index contributed by atoms with van der Waals surface area (Å²) in [5.74, 6) is -1.13. The Morgan fingerprint density at radius 2 is 2.00 bits per heavy atom. The molecule has 0 bridgehead atoms. The van der Waals surface area contributed by atoms with E-state index in [0.717, 1.165) is 33.5 Å². The van der Waals surface area contributed by atoms with E-state index in [-0.39, 0.29) is 11.2 Å². The second-order valence-corrected chi connectivity index (χ2v) is 8.04. The van der Waals surface area contributed by atoms with Crippen molar-refractivity contribution in [1.29, 1.82) is 0 Å². The molecule has 0 spiro atoms. The van der Waals surface area contributed by atoms with Crippen LogP contribution in [0.3, 0.4) is 0 Å². The largest absolute Gasteiger partial charge is 0.378 e. The lowest BCUT2D eigenvalue weighted by atomic mass is 9.92. The number of hydrogen-bond donors (Lipinski definition) is 1. The van der Waals surface area contributed by atoms with E-state index >= 15 is 0 Å². The predicted octanol–water partition coefficient (Wildman–Crippen LogP) is 4.71. The van der Waals surface area contributed by atoms with Crippen molar-refractivity contribution in [2.24, 2.45) is 7.05 Å². The molecule has 0 aliphatic heterocycles. The average Bonchev–Trinajstić information content (AvgIpc) is 2.99. The van der Waals surface area contributed by atoms with E-state index in [2.05, 4.69) is 22.6 Å². The minimum Gasteiger partial charge on any atom is -0.378 e. The summed E-state index contributed by atoms with van der Waals surface area (Å²) in [7, 11) is 3.18. The van der Waals surface area contributed by atoms with Crippen LogP contribution < -0.4 is 5.32 Å². The number of benzene rings is 1. The van der Waals surface area contributed by atoms with Crippen LogP contribution in [0.5, 0.6) is 0 Å². The fraction of sp³-hybridized carbons (Fsp3) is 0.333. The Balaban J connectivity index is 1.94. The Labute approximate surface area is 176 Å². The number of hydrogen-bond acceptors (Lipinski definition) is 3. The molecule has 0 fully saturated rings. The molecule has 30 heavy (non-hydrogen) atoms. The zero-order valence-electron chi connectivity index (χ0n) is 18.1. The molecule has 1 aromatic heterocycles. The lowest BCUT2D eigenvalue weighted by molar-refractivity contribution is 0.0253. The third kappa shape index (κ3) is 4.76. The maximum Gasteiger partial charge on any atom is 0.262 e. The van der Waals surface area contributed by atoms with Gasteiger partial charge in [-0.05, 0) is 38.3 Å². The van der Waals surface area contributed by atoms with E-state index in [1.165, 1.54) is 7.05 Å². The van der Waals surface area contributed by atoms with Crippen molar-refractivity contribution < 1.29 is 13.9 Å². The van der Waals surface area contributed by atoms with Crippen molar-refractivity contribution >= 4 is 11.5 Å². The summed E-state index contributed by atoms with van der Waals surface area (Å²) in [5, 5.41) is 6.95. The molecule has 3 rings (SSSR count). The summed E-state index contributed by atoms with van der Waals surface area (Å²) in [6, 6.07) is 9.83. The number of aromatic nitrogens is 2. The van der Waals surface area contributed by atoms with Crippen LogP contribution in [-0.4, -0.2) is 28.4 Å². The topological polar surface area (TPSA) is 56.1 Å². The van der Waals surface area contributed by atoms with Gasteiger partial charge in [-0.25, -0.2) is 4.68 Å². The summed E-state index contributed by atoms with van der Waals surface area (Å²) < 4.78 is 21.0. The van der Waals surface area contributed by atoms with E-state index in [0.29, 0.717) is 12.1 Å². The van der Waals surface area contributed by atoms with Crippen molar-refractivity contribution in [3.63, 3.8) is 0 Å². The molecular weight excluding hydrogens is 381 g/mol. The van der Waals surface area contributed by atoms with E-state index in [1.807, 2.05) is 50.3 Å². The van der Waals surface area contributed by atoms with Gasteiger partial charge in [0.2, 0.25) is 5.95 Å². The molecule has 5 nitrogen and oxygen atoms in total. The highest BCUT2D eigenvalue weighted by molar-refractivity contribution is 5.98. The minimum atomic E-state index is -0.643. The number of aryl methyl sites for hydroxylation is 2. The molecule has 0 saturated heterocycles. The van der Waals surface area contributed by atoms with Crippen molar-refractivity contribution in [3.8, 4) is 0 Å². The molecule has 0 radical (unpaired) electrons. The summed E-state index contributed by atoms with van der Waals surface area (Å²) in [4.78, 5) is 12.9. The predicted molar refractivity (Wildman–Crippen MR) is 116 cm³/mol. The molecule has 1 aromatic carbocycles. The van der Waals surface area contributed by atoms with Gasteiger partial charge in [-0.15, -0.1) is 0 Å². The fourth-order valence-corrected chi connectivity index (χ4v) is 3.34. The summed E-state index contributed by atoms with van der Waals surface area (Å²) in [6.45, 7) is 5.68. The van der Waals surface area contributed by atoms with Crippen LogP contribution in [0.25, 0.3) is 5.57 Å². The Bertz CT molecular complexity index is 1030. The Hall–Kier alpha value is -2.99. The van der Waals surface area contributed by atoms with Crippen LogP contribution in [0.4, 0.5) is 4.39 Å². The smallest absolute Gasteiger partial charge is 0.262 e. The number of methoxy groups -OCH3 is 1. The van der Waals surface area contributed by atoms with Crippen molar-refractivity contribution in [2.45, 2.75) is 39.2 Å². The van der Waals surface area contributed by atoms with Gasteiger partial charge in [-0.1, -0.05) is 48.6 Å². The van der Waals surface area contributed by atoms with E-state index < -0.39 is 11.9 Å². The molecule has 1 aliphatic carbocycles. The third-order valence-electron chi connectivity index (χ3n) is 5.31. The summed E-state index contributed by atoms with van der Waals surface area (Å²) in [5.41, 5.74) is 3.76. The Morgan fingerprint density at radius 3 is 2.60 bits per heavy atom. The van der Waals surface area contributed by atoms with Gasteiger partial charge in [0.05, 0.1) is 11.3 Å². The van der Waals surface area contributed by atoms with Gasteiger partial charge in [-0.2, -0.15) is 9.49 Å². The third-order valence-corrected chi connectivity index (χ3v) is 5.31. The quantitative estimate of drug-likeness (QED) is 0.752. The normalized spacial score (nSPS) is 15.7. The number of nitrogens with zero attached hydrogens (tertiary/aromatic N) is 2. The molecule has 1 aliphatic rings. The fourth-order valence-electron chi connectivity index (χ4n) is 3.34. The van der Waals surface area contributed by atoms with Gasteiger partial charge in [0.1, 0.15) is 5.56 Å². The molecule has 2 aromatic rings. The zero-order valence-corrected chi connectivity index (χ0v) is 18.1. The molecule has 0 atom stereocenters. The number of ether oxygens (including phenoxy) is 1. The Morgan fingerprint density at radius 1 is 1.30 bits per heavy atom. The highest BCUT2D eigenvalue weighted by Gasteiger charge is 2.23. The van der Waals surface area contributed by atoms with Gasteiger partial charge in [-0.3, -0.25) is 4.79 Å². The van der Waals surface area contributed by atoms with Gasteiger partial charge in [0.15, 0.2) is 0 Å². The van der Waals surface area contributed by atoms with E-state index in [4.69, 9.17) is 4.74 Å². The number of allylic oxidation sites excluding steroid dienone is 4. The van der Waals surface area contributed by atoms with Crippen molar-refractivity contribution in [1.82, 2.24) is 15.1 Å². The van der Waals surface area contributed by atoms with Crippen LogP contribution in [0.1, 0.15) is 48.3 Å². The highest BCUT2D eigenvalue weighted by Crippen LogP contribution is 2.30. The zero-order chi connectivity index (χ0) is 21.9. The first-order chi connectivity index (χ1) is 14.2. The van der Waals surface area contributed by atoms with Gasteiger partial charge in [0, 0.05) is 31.8 Å². The highest BCUT2D eigenvalue weighted by atomic mass is 19.1. The first kappa shape index (κ1) is 21.7. The number of carbonyl (C=O) groups is 1. The minimum absolute atomic E-state index is 0.0296. The second-order valence-electron chi connectivity index (χ2n) is 8.04. The van der Waals surface area contributed by atoms with Crippen LogP contribution >= 0.6 is 0 Å². The van der Waals surface area contributed by atoms with Crippen LogP contribution in [0.2, 0.25) is 0 Å². The molecule has 1 amide bonds. The molecule has 1 N–H and O–H groups in total. The molecule has 0 saturated carbocycles. The lowest BCUT2D eigenvalue weighted by Gasteiger charge is -2.23. The first-order valence-corrected chi connectivity index (χ1v) is 9.93. The number of halogens is 1. The number of carbonyl (C=O) groups excluding carboxylic acids is 1. The lowest BCUT2D eigenvalue weighted by Crippen LogP contribution is -2.26. The van der Waals surface area contributed by atoms with Crippen LogP contribution in [-0.2, 0) is 11.8 Å². The Kier molecular flexibility index (Phi) is 6.37. The molecule has 158 valence electrons. The van der Waals surface area contributed by atoms with Crippen LogP contribution in [0, 0.1) is 12.9 Å². The SMILES string of the molecule is COC(C)(C)CC=C1C=CC(c2ccccc2)=C(NC(=O)c2c(C)nn(C)c2F)C1. The van der Waals surface area contributed by atoms with E-state index in [1.54, 1.807) is 14.0 Å². The van der Waals surface area contributed by atoms with Gasteiger partial charge in [0.25, 0.3) is 5.91 Å². The van der Waals surface area contributed by atoms with Gasteiger partial charge < -0.3 is 10.1 Å². The van der Waals surface area contributed by atoms with Crippen molar-refractivity contribution in [3.05, 3.63) is 82.6 Å². The van der Waals surface area contributed by atoms with Gasteiger partial charge >= 0.3 is 0 Å². The standard InChI is InChI=1S/C24H28FN3O2/c1-16-21(22(25)28(4)27-16)23(29)26-20-15-17(13-14-24(2,3)30-5)11-12-19(20)18-9-7-6-8-10-18/h6-13H,14-15H2,1-5H3,(H,26,29). The molecule has 6 heteroatoms.